The molecule has 11 nitrogen and oxygen atoms in total. The molecule has 1 saturated carbocycles. The zero-order chi connectivity index (χ0) is 23.1. The Kier molecular flexibility index (Phi) is 5.16. The number of pyridine rings is 1. The Morgan fingerprint density at radius 1 is 1.09 bits per heavy atom. The van der Waals surface area contributed by atoms with Crippen LogP contribution < -0.4 is 15.0 Å². The summed E-state index contributed by atoms with van der Waals surface area (Å²) in [6.45, 7) is 2.69. The van der Waals surface area contributed by atoms with Gasteiger partial charge in [0, 0.05) is 44.1 Å². The van der Waals surface area contributed by atoms with Gasteiger partial charge in [-0.1, -0.05) is 0 Å². The molecular weight excluding hydrogens is 438 g/mol. The lowest BCUT2D eigenvalue weighted by Crippen LogP contribution is -2.49. The van der Waals surface area contributed by atoms with Crippen LogP contribution in [-0.4, -0.2) is 81.4 Å². The van der Waals surface area contributed by atoms with Crippen molar-refractivity contribution in [1.29, 1.82) is 0 Å². The monoisotopic (exact) mass is 463 g/mol. The van der Waals surface area contributed by atoms with E-state index in [1.54, 1.807) is 21.8 Å². The highest BCUT2D eigenvalue weighted by atomic mass is 16.6. The molecule has 5 heterocycles. The second kappa shape index (κ2) is 8.47. The van der Waals surface area contributed by atoms with Gasteiger partial charge >= 0.3 is 6.09 Å². The summed E-state index contributed by atoms with van der Waals surface area (Å²) in [5.74, 6) is 1.35. The summed E-state index contributed by atoms with van der Waals surface area (Å²) in [5, 5.41) is 7.14. The van der Waals surface area contributed by atoms with Gasteiger partial charge in [-0.25, -0.2) is 19.3 Å². The number of fused-ring (bicyclic) bond motifs is 1. The Labute approximate surface area is 195 Å². The Morgan fingerprint density at radius 3 is 2.71 bits per heavy atom. The van der Waals surface area contributed by atoms with Crippen LogP contribution >= 0.6 is 0 Å². The fraction of sp³-hybridized carbons (Fsp3) is 0.435. The van der Waals surface area contributed by atoms with Gasteiger partial charge in [0.25, 0.3) is 0 Å². The zero-order valence-corrected chi connectivity index (χ0v) is 18.6. The number of aromatic nitrogens is 4. The number of carbonyl (C=O) groups excluding carboxylic acids is 2. The van der Waals surface area contributed by atoms with Crippen molar-refractivity contribution in [2.45, 2.75) is 31.5 Å². The molecule has 2 amide bonds. The average Bonchev–Trinajstić information content (AvgIpc) is 3.43. The highest BCUT2D eigenvalue weighted by Gasteiger charge is 2.30. The number of anilines is 1. The van der Waals surface area contributed by atoms with Gasteiger partial charge in [-0.2, -0.15) is 5.10 Å². The van der Waals surface area contributed by atoms with Gasteiger partial charge in [-0.05, 0) is 31.0 Å². The molecule has 1 aliphatic carbocycles. The van der Waals surface area contributed by atoms with Crippen molar-refractivity contribution >= 4 is 23.5 Å². The van der Waals surface area contributed by atoms with Gasteiger partial charge in [0.2, 0.25) is 11.8 Å². The van der Waals surface area contributed by atoms with Crippen LogP contribution in [0, 0.1) is 0 Å². The van der Waals surface area contributed by atoms with E-state index >= 15 is 0 Å². The van der Waals surface area contributed by atoms with E-state index in [0.717, 1.165) is 35.4 Å². The van der Waals surface area contributed by atoms with Crippen LogP contribution in [0.4, 0.5) is 10.6 Å². The summed E-state index contributed by atoms with van der Waals surface area (Å²) in [6.07, 6.45) is 7.25. The van der Waals surface area contributed by atoms with E-state index in [9.17, 15) is 9.59 Å². The number of hydrogen-bond acceptors (Lipinski definition) is 8. The second-order valence-electron chi connectivity index (χ2n) is 8.77. The number of amides is 2. The molecule has 0 unspecified atom stereocenters. The number of rotatable bonds is 5. The molecule has 1 atom stereocenters. The van der Waals surface area contributed by atoms with Crippen LogP contribution in [0.3, 0.4) is 0 Å². The zero-order valence-electron chi connectivity index (χ0n) is 18.6. The summed E-state index contributed by atoms with van der Waals surface area (Å²) in [6, 6.07) is 5.80. The Hall–Kier alpha value is -3.89. The van der Waals surface area contributed by atoms with Gasteiger partial charge in [-0.15, -0.1) is 0 Å². The van der Waals surface area contributed by atoms with E-state index < -0.39 is 0 Å². The molecule has 176 valence electrons. The number of piperazine rings is 1. The van der Waals surface area contributed by atoms with Crippen molar-refractivity contribution in [3.05, 3.63) is 36.8 Å². The summed E-state index contributed by atoms with van der Waals surface area (Å²) in [5.41, 5.74) is 2.47. The first-order valence-corrected chi connectivity index (χ1v) is 11.6. The summed E-state index contributed by atoms with van der Waals surface area (Å²) in [4.78, 5) is 36.9. The van der Waals surface area contributed by atoms with Crippen LogP contribution in [0.1, 0.15) is 19.3 Å². The molecule has 1 N–H and O–H groups in total. The molecule has 3 fully saturated rings. The van der Waals surface area contributed by atoms with Crippen molar-refractivity contribution in [3.8, 4) is 17.0 Å². The summed E-state index contributed by atoms with van der Waals surface area (Å²) >= 11 is 0. The SMILES string of the molecule is O=C1C[C@H](OC(=O)N2CCN(c3ccn4ncc(-c5cccnc5OC5CC5)c4n3)CC2)CN1. The normalized spacial score (nSPS) is 20.5. The minimum Gasteiger partial charge on any atom is -0.474 e. The second-order valence-corrected chi connectivity index (χ2v) is 8.77. The first kappa shape index (κ1) is 20.7. The highest BCUT2D eigenvalue weighted by molar-refractivity contribution is 5.81. The van der Waals surface area contributed by atoms with Crippen molar-refractivity contribution in [2.75, 3.05) is 37.6 Å². The quantitative estimate of drug-likeness (QED) is 0.605. The largest absolute Gasteiger partial charge is 0.474 e. The predicted octanol–water partition coefficient (Wildman–Crippen LogP) is 1.48. The number of hydrogen-bond donors (Lipinski definition) is 1. The molecule has 0 radical (unpaired) electrons. The van der Waals surface area contributed by atoms with Gasteiger partial charge in [0.05, 0.1) is 24.7 Å². The molecule has 0 aromatic carbocycles. The molecule has 34 heavy (non-hydrogen) atoms. The third kappa shape index (κ3) is 4.09. The minimum atomic E-state index is -0.386. The minimum absolute atomic E-state index is 0.0826. The first-order valence-electron chi connectivity index (χ1n) is 11.6. The number of nitrogens with zero attached hydrogens (tertiary/aromatic N) is 6. The Bertz CT molecular complexity index is 1230. The third-order valence-electron chi connectivity index (χ3n) is 6.29. The molecule has 3 aliphatic rings. The van der Waals surface area contributed by atoms with Crippen LogP contribution in [0.15, 0.2) is 36.8 Å². The predicted molar refractivity (Wildman–Crippen MR) is 122 cm³/mol. The Balaban J connectivity index is 1.17. The van der Waals surface area contributed by atoms with E-state index in [1.807, 2.05) is 24.4 Å². The number of nitrogens with one attached hydrogen (secondary N) is 1. The molecule has 3 aromatic rings. The van der Waals surface area contributed by atoms with E-state index in [2.05, 4.69) is 20.3 Å². The van der Waals surface area contributed by atoms with E-state index in [4.69, 9.17) is 14.5 Å². The topological polar surface area (TPSA) is 114 Å². The van der Waals surface area contributed by atoms with Crippen LogP contribution in [0.5, 0.6) is 5.88 Å². The molecule has 6 rings (SSSR count). The molecule has 2 aliphatic heterocycles. The van der Waals surface area contributed by atoms with Crippen LogP contribution in [-0.2, 0) is 9.53 Å². The van der Waals surface area contributed by atoms with Crippen LogP contribution in [0.2, 0.25) is 0 Å². The van der Waals surface area contributed by atoms with Gasteiger partial charge in [0.15, 0.2) is 5.65 Å². The van der Waals surface area contributed by atoms with Crippen molar-refractivity contribution in [1.82, 2.24) is 29.8 Å². The van der Waals surface area contributed by atoms with Crippen molar-refractivity contribution < 1.29 is 19.1 Å². The van der Waals surface area contributed by atoms with Gasteiger partial charge < -0.3 is 24.6 Å². The fourth-order valence-electron chi connectivity index (χ4n) is 4.26. The molecule has 2 saturated heterocycles. The number of ether oxygens (including phenoxy) is 2. The maximum absolute atomic E-state index is 12.5. The lowest BCUT2D eigenvalue weighted by molar-refractivity contribution is -0.119. The summed E-state index contributed by atoms with van der Waals surface area (Å²) in [7, 11) is 0. The molecule has 11 heteroatoms. The number of carbonyl (C=O) groups is 2. The average molecular weight is 463 g/mol. The van der Waals surface area contributed by atoms with E-state index in [1.165, 1.54) is 0 Å². The smallest absolute Gasteiger partial charge is 0.410 e. The molecular formula is C23H25N7O4. The van der Waals surface area contributed by atoms with Gasteiger partial charge in [-0.3, -0.25) is 4.79 Å². The van der Waals surface area contributed by atoms with E-state index in [-0.39, 0.29) is 30.6 Å². The summed E-state index contributed by atoms with van der Waals surface area (Å²) < 4.78 is 13.2. The maximum Gasteiger partial charge on any atom is 0.410 e. The maximum atomic E-state index is 12.5. The van der Waals surface area contributed by atoms with E-state index in [0.29, 0.717) is 38.6 Å². The molecule has 3 aromatic heterocycles. The Morgan fingerprint density at radius 2 is 1.94 bits per heavy atom. The lowest BCUT2D eigenvalue weighted by Gasteiger charge is -2.35. The van der Waals surface area contributed by atoms with Crippen LogP contribution in [0.25, 0.3) is 16.8 Å². The highest BCUT2D eigenvalue weighted by Crippen LogP contribution is 2.35. The molecule has 0 spiro atoms. The van der Waals surface area contributed by atoms with Crippen molar-refractivity contribution in [3.63, 3.8) is 0 Å². The van der Waals surface area contributed by atoms with Gasteiger partial charge in [0.1, 0.15) is 18.0 Å². The first-order chi connectivity index (χ1) is 16.6. The van der Waals surface area contributed by atoms with Crippen molar-refractivity contribution in [2.24, 2.45) is 0 Å². The lowest BCUT2D eigenvalue weighted by atomic mass is 10.1. The molecule has 0 bridgehead atoms. The third-order valence-corrected chi connectivity index (χ3v) is 6.29. The fourth-order valence-corrected chi connectivity index (χ4v) is 4.26. The standard InChI is InChI=1S/C23H25N7O4/c31-20-12-16(13-25-20)34-23(32)29-10-8-28(9-11-29)19-5-7-30-21(27-19)18(14-26-30)17-2-1-6-24-22(17)33-15-3-4-15/h1-2,5-7,14-16H,3-4,8-13H2,(H,25,31)/t16-/m0/s1.